The van der Waals surface area contributed by atoms with Crippen molar-refractivity contribution in [2.24, 2.45) is 4.99 Å². The minimum absolute atomic E-state index is 0.494. The molecule has 1 aromatic carbocycles. The van der Waals surface area contributed by atoms with Crippen LogP contribution in [0.25, 0.3) is 0 Å². The van der Waals surface area contributed by atoms with Gasteiger partial charge in [0.1, 0.15) is 0 Å². The van der Waals surface area contributed by atoms with Gasteiger partial charge >= 0.3 is 0 Å². The fourth-order valence-corrected chi connectivity index (χ4v) is 2.73. The second-order valence-corrected chi connectivity index (χ2v) is 5.79. The van der Waals surface area contributed by atoms with Crippen LogP contribution >= 0.6 is 0 Å². The van der Waals surface area contributed by atoms with Crippen LogP contribution in [-0.2, 0) is 6.42 Å². The molecule has 0 unspecified atom stereocenters. The van der Waals surface area contributed by atoms with Crippen LogP contribution in [-0.4, -0.2) is 36.3 Å². The molecule has 0 amide bonds. The van der Waals surface area contributed by atoms with Crippen LogP contribution in [0.2, 0.25) is 0 Å². The Kier molecular flexibility index (Phi) is 6.05. The highest BCUT2D eigenvalue weighted by molar-refractivity contribution is 5.79. The molecule has 0 atom stereocenters. The molecule has 3 N–H and O–H groups in total. The predicted molar refractivity (Wildman–Crippen MR) is 87.5 cm³/mol. The van der Waals surface area contributed by atoms with Crippen LogP contribution in [0, 0.1) is 0 Å². The van der Waals surface area contributed by atoms with Crippen molar-refractivity contribution in [3.05, 3.63) is 35.9 Å². The maximum Gasteiger partial charge on any atom is 0.191 e. The first kappa shape index (κ1) is 15.8. The fraction of sp³-hybridized carbons (Fsp3) is 0.588. The maximum absolute atomic E-state index is 10.3. The number of hydrogen-bond acceptors (Lipinski definition) is 2. The first-order valence-electron chi connectivity index (χ1n) is 8.00. The normalized spacial score (nSPS) is 17.7. The standard InChI is InChI=1S/C17H27N3O/c1-2-18-16(20-14-17(21)11-6-7-12-17)19-13-10-15-8-4-3-5-9-15/h3-5,8-9,21H,2,6-7,10-14H2,1H3,(H2,18,19,20). The Balaban J connectivity index is 1.80. The molecule has 0 aromatic heterocycles. The summed E-state index contributed by atoms with van der Waals surface area (Å²) >= 11 is 0. The first-order valence-corrected chi connectivity index (χ1v) is 8.00. The van der Waals surface area contributed by atoms with Crippen molar-refractivity contribution in [3.63, 3.8) is 0 Å². The van der Waals surface area contributed by atoms with Gasteiger partial charge in [-0.25, -0.2) is 0 Å². The van der Waals surface area contributed by atoms with Crippen molar-refractivity contribution in [1.82, 2.24) is 10.6 Å². The van der Waals surface area contributed by atoms with Crippen LogP contribution in [0.4, 0.5) is 0 Å². The molecule has 116 valence electrons. The summed E-state index contributed by atoms with van der Waals surface area (Å²) < 4.78 is 0. The van der Waals surface area contributed by atoms with Crippen LogP contribution < -0.4 is 10.6 Å². The van der Waals surface area contributed by atoms with E-state index in [1.807, 2.05) is 6.07 Å². The summed E-state index contributed by atoms with van der Waals surface area (Å²) in [7, 11) is 0. The third-order valence-corrected chi connectivity index (χ3v) is 3.96. The summed E-state index contributed by atoms with van der Waals surface area (Å²) in [6.07, 6.45) is 4.95. The first-order chi connectivity index (χ1) is 10.2. The van der Waals surface area contributed by atoms with E-state index in [0.717, 1.165) is 51.2 Å². The van der Waals surface area contributed by atoms with Gasteiger partial charge in [-0.15, -0.1) is 0 Å². The SMILES string of the molecule is CCNC(=NCC1(O)CCCC1)NCCc1ccccc1. The zero-order chi connectivity index (χ0) is 15.0. The number of hydrogen-bond donors (Lipinski definition) is 3. The molecule has 4 nitrogen and oxygen atoms in total. The lowest BCUT2D eigenvalue weighted by atomic mass is 10.0. The molecule has 0 aliphatic heterocycles. The van der Waals surface area contributed by atoms with Gasteiger partial charge in [0.15, 0.2) is 5.96 Å². The molecule has 2 rings (SSSR count). The second-order valence-electron chi connectivity index (χ2n) is 5.79. The lowest BCUT2D eigenvalue weighted by molar-refractivity contribution is 0.0574. The van der Waals surface area contributed by atoms with Gasteiger partial charge < -0.3 is 15.7 Å². The van der Waals surface area contributed by atoms with E-state index in [1.54, 1.807) is 0 Å². The number of nitrogens with one attached hydrogen (secondary N) is 2. The molecular weight excluding hydrogens is 262 g/mol. The van der Waals surface area contributed by atoms with Crippen LogP contribution in [0.1, 0.15) is 38.2 Å². The molecule has 1 aliphatic rings. The average Bonchev–Trinajstić information content (AvgIpc) is 2.93. The topological polar surface area (TPSA) is 56.7 Å². The quantitative estimate of drug-likeness (QED) is 0.555. The monoisotopic (exact) mass is 289 g/mol. The Hall–Kier alpha value is -1.55. The largest absolute Gasteiger partial charge is 0.388 e. The van der Waals surface area contributed by atoms with Crippen LogP contribution in [0.5, 0.6) is 0 Å². The number of rotatable bonds is 6. The number of benzene rings is 1. The van der Waals surface area contributed by atoms with Gasteiger partial charge in [-0.1, -0.05) is 43.2 Å². The van der Waals surface area contributed by atoms with Gasteiger partial charge in [0.25, 0.3) is 0 Å². The molecule has 1 aliphatic carbocycles. The smallest absolute Gasteiger partial charge is 0.191 e. The third kappa shape index (κ3) is 5.38. The van der Waals surface area contributed by atoms with Crippen molar-refractivity contribution < 1.29 is 5.11 Å². The molecule has 0 spiro atoms. The summed E-state index contributed by atoms with van der Waals surface area (Å²) in [6, 6.07) is 10.4. The molecule has 4 heteroatoms. The van der Waals surface area contributed by atoms with Gasteiger partial charge in [-0.2, -0.15) is 0 Å². The summed E-state index contributed by atoms with van der Waals surface area (Å²) in [4.78, 5) is 4.54. The zero-order valence-electron chi connectivity index (χ0n) is 12.9. The fourth-order valence-electron chi connectivity index (χ4n) is 2.73. The summed E-state index contributed by atoms with van der Waals surface area (Å²) in [6.45, 7) is 4.22. The van der Waals surface area contributed by atoms with Gasteiger partial charge in [0.2, 0.25) is 0 Å². The Bertz CT molecular complexity index is 439. The lowest BCUT2D eigenvalue weighted by Crippen LogP contribution is -2.40. The van der Waals surface area contributed by atoms with E-state index in [2.05, 4.69) is 46.8 Å². The van der Waals surface area contributed by atoms with Gasteiger partial charge in [0.05, 0.1) is 12.1 Å². The van der Waals surface area contributed by atoms with Crippen molar-refractivity contribution in [1.29, 1.82) is 0 Å². The van der Waals surface area contributed by atoms with E-state index in [-0.39, 0.29) is 0 Å². The van der Waals surface area contributed by atoms with Gasteiger partial charge in [0, 0.05) is 13.1 Å². The van der Waals surface area contributed by atoms with Crippen molar-refractivity contribution >= 4 is 5.96 Å². The summed E-state index contributed by atoms with van der Waals surface area (Å²) in [5.74, 6) is 0.800. The Morgan fingerprint density at radius 2 is 1.90 bits per heavy atom. The summed E-state index contributed by atoms with van der Waals surface area (Å²) in [5, 5.41) is 16.9. The maximum atomic E-state index is 10.3. The molecule has 0 radical (unpaired) electrons. The average molecular weight is 289 g/mol. The van der Waals surface area contributed by atoms with E-state index >= 15 is 0 Å². The van der Waals surface area contributed by atoms with E-state index in [1.165, 1.54) is 5.56 Å². The third-order valence-electron chi connectivity index (χ3n) is 3.96. The van der Waals surface area contributed by atoms with Crippen molar-refractivity contribution in [2.45, 2.75) is 44.6 Å². The Morgan fingerprint density at radius 3 is 2.57 bits per heavy atom. The van der Waals surface area contributed by atoms with E-state index in [9.17, 15) is 5.11 Å². The molecule has 1 saturated carbocycles. The predicted octanol–water partition coefficient (Wildman–Crippen LogP) is 2.09. The molecule has 0 bridgehead atoms. The molecule has 1 fully saturated rings. The number of nitrogens with zero attached hydrogens (tertiary/aromatic N) is 1. The van der Waals surface area contributed by atoms with Crippen molar-refractivity contribution in [3.8, 4) is 0 Å². The number of aliphatic hydroxyl groups is 1. The minimum Gasteiger partial charge on any atom is -0.388 e. The number of aliphatic imine (C=N–C) groups is 1. The lowest BCUT2D eigenvalue weighted by Gasteiger charge is -2.20. The van der Waals surface area contributed by atoms with Gasteiger partial charge in [-0.3, -0.25) is 4.99 Å². The van der Waals surface area contributed by atoms with E-state index in [0.29, 0.717) is 6.54 Å². The molecular formula is C17H27N3O. The van der Waals surface area contributed by atoms with Crippen LogP contribution in [0.3, 0.4) is 0 Å². The van der Waals surface area contributed by atoms with E-state index < -0.39 is 5.60 Å². The highest BCUT2D eigenvalue weighted by Crippen LogP contribution is 2.29. The van der Waals surface area contributed by atoms with Crippen molar-refractivity contribution in [2.75, 3.05) is 19.6 Å². The molecule has 0 saturated heterocycles. The highest BCUT2D eigenvalue weighted by atomic mass is 16.3. The second kappa shape index (κ2) is 8.03. The van der Waals surface area contributed by atoms with E-state index in [4.69, 9.17) is 0 Å². The molecule has 0 heterocycles. The van der Waals surface area contributed by atoms with Crippen LogP contribution in [0.15, 0.2) is 35.3 Å². The zero-order valence-corrected chi connectivity index (χ0v) is 12.9. The highest BCUT2D eigenvalue weighted by Gasteiger charge is 2.30. The Morgan fingerprint density at radius 1 is 1.19 bits per heavy atom. The molecule has 21 heavy (non-hydrogen) atoms. The Labute approximate surface area is 127 Å². The molecule has 1 aromatic rings. The van der Waals surface area contributed by atoms with Gasteiger partial charge in [-0.05, 0) is 31.7 Å². The number of guanidine groups is 1. The minimum atomic E-state index is -0.582. The summed E-state index contributed by atoms with van der Waals surface area (Å²) in [5.41, 5.74) is 0.733.